The van der Waals surface area contributed by atoms with E-state index in [1.165, 1.54) is 5.01 Å². The Hall–Kier alpha value is -3.42. The largest absolute Gasteiger partial charge is 0.400 e. The standard InChI is InChI=1S/C22H27N7/c1-25-19-8-10-22(11-9-19)29(24)15-18(23)14-28(16-20-6-2-4-12-26-20)17-21-7-3-5-13-27-21/h2-13,15,25H,14,16-17,23-24H2,1H3/b18-15-. The maximum atomic E-state index is 6.32. The minimum absolute atomic E-state index is 0.537. The molecule has 0 atom stereocenters. The molecule has 3 aromatic rings. The Morgan fingerprint density at radius 1 is 0.931 bits per heavy atom. The zero-order valence-corrected chi connectivity index (χ0v) is 16.6. The minimum atomic E-state index is 0.537. The van der Waals surface area contributed by atoms with Crippen LogP contribution in [0.2, 0.25) is 0 Å². The van der Waals surface area contributed by atoms with Gasteiger partial charge in [0.2, 0.25) is 0 Å². The Kier molecular flexibility index (Phi) is 7.16. The van der Waals surface area contributed by atoms with E-state index >= 15 is 0 Å². The highest BCUT2D eigenvalue weighted by molar-refractivity contribution is 5.55. The van der Waals surface area contributed by atoms with Crippen LogP contribution in [0.1, 0.15) is 11.4 Å². The van der Waals surface area contributed by atoms with Gasteiger partial charge in [-0.1, -0.05) is 12.1 Å². The average Bonchev–Trinajstić information content (AvgIpc) is 2.75. The van der Waals surface area contributed by atoms with Crippen molar-refractivity contribution in [1.82, 2.24) is 14.9 Å². The van der Waals surface area contributed by atoms with Crippen molar-refractivity contribution in [3.8, 4) is 0 Å². The lowest BCUT2D eigenvalue weighted by atomic mass is 10.2. The highest BCUT2D eigenvalue weighted by Gasteiger charge is 2.11. The molecule has 0 radical (unpaired) electrons. The van der Waals surface area contributed by atoms with E-state index in [9.17, 15) is 0 Å². The number of nitrogens with two attached hydrogens (primary N) is 2. The lowest BCUT2D eigenvalue weighted by Gasteiger charge is -2.23. The maximum Gasteiger partial charge on any atom is 0.0570 e. The second kappa shape index (κ2) is 10.2. The third-order valence-corrected chi connectivity index (χ3v) is 4.39. The van der Waals surface area contributed by atoms with Gasteiger partial charge in [-0.3, -0.25) is 19.9 Å². The van der Waals surface area contributed by atoms with E-state index < -0.39 is 0 Å². The van der Waals surface area contributed by atoms with Gasteiger partial charge < -0.3 is 11.1 Å². The first-order valence-corrected chi connectivity index (χ1v) is 9.44. The van der Waals surface area contributed by atoms with Crippen molar-refractivity contribution in [3.63, 3.8) is 0 Å². The SMILES string of the molecule is CNc1ccc(N(N)/C=C(\N)CN(Cc2ccccn2)Cc2ccccn2)cc1. The van der Waals surface area contributed by atoms with Crippen molar-refractivity contribution in [3.05, 3.63) is 96.3 Å². The Bertz CT molecular complexity index is 854. The number of anilines is 2. The molecule has 0 aliphatic heterocycles. The summed E-state index contributed by atoms with van der Waals surface area (Å²) < 4.78 is 0. The lowest BCUT2D eigenvalue weighted by Crippen LogP contribution is -2.31. The van der Waals surface area contributed by atoms with Gasteiger partial charge in [0.25, 0.3) is 0 Å². The van der Waals surface area contributed by atoms with Crippen LogP contribution in [0.25, 0.3) is 0 Å². The summed E-state index contributed by atoms with van der Waals surface area (Å²) in [6.07, 6.45) is 5.34. The van der Waals surface area contributed by atoms with E-state index in [-0.39, 0.29) is 0 Å². The van der Waals surface area contributed by atoms with Crippen molar-refractivity contribution in [2.75, 3.05) is 23.9 Å². The molecule has 0 fully saturated rings. The first-order chi connectivity index (χ1) is 14.1. The zero-order valence-electron chi connectivity index (χ0n) is 16.6. The Morgan fingerprint density at radius 3 is 2.00 bits per heavy atom. The van der Waals surface area contributed by atoms with E-state index in [1.807, 2.05) is 67.7 Å². The second-order valence-electron chi connectivity index (χ2n) is 6.70. The molecule has 1 aromatic carbocycles. The summed E-state index contributed by atoms with van der Waals surface area (Å²) in [7, 11) is 1.88. The first-order valence-electron chi connectivity index (χ1n) is 9.44. The number of pyridine rings is 2. The molecule has 3 rings (SSSR count). The number of hydrogen-bond donors (Lipinski definition) is 3. The fourth-order valence-electron chi connectivity index (χ4n) is 2.96. The summed E-state index contributed by atoms with van der Waals surface area (Å²) in [6.45, 7) is 1.86. The molecule has 0 saturated heterocycles. The topological polar surface area (TPSA) is 96.3 Å². The Labute approximate surface area is 171 Å². The van der Waals surface area contributed by atoms with Crippen LogP contribution in [0.4, 0.5) is 11.4 Å². The average molecular weight is 390 g/mol. The molecule has 5 N–H and O–H groups in total. The number of benzene rings is 1. The van der Waals surface area contributed by atoms with Gasteiger partial charge in [-0.05, 0) is 48.5 Å². The predicted octanol–water partition coefficient (Wildman–Crippen LogP) is 2.70. The maximum absolute atomic E-state index is 6.32. The normalized spacial score (nSPS) is 11.5. The van der Waals surface area contributed by atoms with E-state index in [0.717, 1.165) is 22.8 Å². The zero-order chi connectivity index (χ0) is 20.5. The summed E-state index contributed by atoms with van der Waals surface area (Å²) in [4.78, 5) is 11.0. The fourth-order valence-corrected chi connectivity index (χ4v) is 2.96. The molecule has 0 amide bonds. The van der Waals surface area contributed by atoms with E-state index in [0.29, 0.717) is 25.3 Å². The van der Waals surface area contributed by atoms with E-state index in [1.54, 1.807) is 18.6 Å². The molecular weight excluding hydrogens is 362 g/mol. The molecule has 0 saturated carbocycles. The van der Waals surface area contributed by atoms with Crippen LogP contribution in [0.5, 0.6) is 0 Å². The molecular formula is C22H27N7. The molecule has 0 unspecified atom stereocenters. The predicted molar refractivity (Wildman–Crippen MR) is 118 cm³/mol. The summed E-state index contributed by atoms with van der Waals surface area (Å²) in [5.41, 5.74) is 10.8. The van der Waals surface area contributed by atoms with Crippen molar-refractivity contribution in [2.24, 2.45) is 11.6 Å². The third kappa shape index (κ3) is 6.31. The molecule has 7 nitrogen and oxygen atoms in total. The first kappa shape index (κ1) is 20.3. The summed E-state index contributed by atoms with van der Waals surface area (Å²) in [5, 5.41) is 4.62. The molecule has 0 aliphatic rings. The van der Waals surface area contributed by atoms with Crippen LogP contribution >= 0.6 is 0 Å². The van der Waals surface area contributed by atoms with Crippen LogP contribution in [0.3, 0.4) is 0 Å². The monoisotopic (exact) mass is 389 g/mol. The highest BCUT2D eigenvalue weighted by atomic mass is 15.4. The van der Waals surface area contributed by atoms with Gasteiger partial charge in [0, 0.05) is 56.7 Å². The van der Waals surface area contributed by atoms with Gasteiger partial charge in [-0.15, -0.1) is 0 Å². The van der Waals surface area contributed by atoms with Crippen molar-refractivity contribution >= 4 is 11.4 Å². The van der Waals surface area contributed by atoms with Crippen molar-refractivity contribution < 1.29 is 0 Å². The van der Waals surface area contributed by atoms with Gasteiger partial charge in [0.05, 0.1) is 17.1 Å². The Morgan fingerprint density at radius 2 is 1.52 bits per heavy atom. The molecule has 0 spiro atoms. The number of aromatic nitrogens is 2. The van der Waals surface area contributed by atoms with Crippen molar-refractivity contribution in [2.45, 2.75) is 13.1 Å². The number of nitrogens with one attached hydrogen (secondary N) is 1. The fraction of sp³-hybridized carbons (Fsp3) is 0.182. The van der Waals surface area contributed by atoms with Gasteiger partial charge in [0.1, 0.15) is 0 Å². The van der Waals surface area contributed by atoms with E-state index in [2.05, 4.69) is 20.2 Å². The van der Waals surface area contributed by atoms with E-state index in [4.69, 9.17) is 11.6 Å². The molecule has 7 heteroatoms. The third-order valence-electron chi connectivity index (χ3n) is 4.39. The second-order valence-corrected chi connectivity index (χ2v) is 6.70. The van der Waals surface area contributed by atoms with Gasteiger partial charge in [-0.25, -0.2) is 5.84 Å². The van der Waals surface area contributed by atoms with Crippen LogP contribution in [0, 0.1) is 0 Å². The number of rotatable bonds is 9. The van der Waals surface area contributed by atoms with Crippen LogP contribution in [-0.2, 0) is 13.1 Å². The van der Waals surface area contributed by atoms with Crippen LogP contribution < -0.4 is 21.9 Å². The highest BCUT2D eigenvalue weighted by Crippen LogP contribution is 2.16. The molecule has 0 aliphatic carbocycles. The summed E-state index contributed by atoms with van der Waals surface area (Å²) in [6, 6.07) is 19.6. The summed E-state index contributed by atoms with van der Waals surface area (Å²) >= 11 is 0. The van der Waals surface area contributed by atoms with Crippen LogP contribution in [0.15, 0.2) is 85.0 Å². The van der Waals surface area contributed by atoms with Crippen LogP contribution in [-0.4, -0.2) is 28.5 Å². The number of hydrazine groups is 1. The number of hydrogen-bond acceptors (Lipinski definition) is 7. The molecule has 0 bridgehead atoms. The van der Waals surface area contributed by atoms with Gasteiger partial charge in [0.15, 0.2) is 0 Å². The summed E-state index contributed by atoms with van der Waals surface area (Å²) in [5.74, 6) is 6.18. The van der Waals surface area contributed by atoms with Gasteiger partial charge in [-0.2, -0.15) is 0 Å². The van der Waals surface area contributed by atoms with Crippen molar-refractivity contribution in [1.29, 1.82) is 0 Å². The molecule has 2 heterocycles. The smallest absolute Gasteiger partial charge is 0.0570 e. The minimum Gasteiger partial charge on any atom is -0.400 e. The Balaban J connectivity index is 1.71. The lowest BCUT2D eigenvalue weighted by molar-refractivity contribution is 0.271. The molecule has 150 valence electrons. The number of nitrogens with zero attached hydrogens (tertiary/aromatic N) is 4. The molecule has 2 aromatic heterocycles. The quantitative estimate of drug-likeness (QED) is 0.382. The molecule has 29 heavy (non-hydrogen) atoms. The van der Waals surface area contributed by atoms with Gasteiger partial charge >= 0.3 is 0 Å².